The molecule has 0 N–H and O–H groups in total. The molecule has 2 saturated heterocycles. The zero-order valence-electron chi connectivity index (χ0n) is 14.0. The van der Waals surface area contributed by atoms with Crippen molar-refractivity contribution in [2.24, 2.45) is 11.3 Å². The third-order valence-corrected chi connectivity index (χ3v) is 5.78. The van der Waals surface area contributed by atoms with Crippen LogP contribution in [0, 0.1) is 11.3 Å². The van der Waals surface area contributed by atoms with Crippen LogP contribution in [-0.2, 0) is 4.74 Å². The standard InChI is InChI=1S/C18H22ClN3O2/c1-12(2)15-18(6-9-24-10-7-18)11-22(15)17(23)14-16(19)20-13-5-3-4-8-21(13)14/h3-5,8,12,15H,6-7,9-11H2,1-2H3. The van der Waals surface area contributed by atoms with Crippen LogP contribution in [0.15, 0.2) is 24.4 Å². The Labute approximate surface area is 146 Å². The number of amides is 1. The van der Waals surface area contributed by atoms with Crippen molar-refractivity contribution in [1.82, 2.24) is 14.3 Å². The van der Waals surface area contributed by atoms with Gasteiger partial charge in [0.25, 0.3) is 5.91 Å². The molecule has 5 nitrogen and oxygen atoms in total. The van der Waals surface area contributed by atoms with Gasteiger partial charge in [0, 0.05) is 37.4 Å². The number of fused-ring (bicyclic) bond motifs is 1. The van der Waals surface area contributed by atoms with Gasteiger partial charge in [0.15, 0.2) is 10.8 Å². The Hall–Kier alpha value is -1.59. The first-order valence-electron chi connectivity index (χ1n) is 8.55. The van der Waals surface area contributed by atoms with Crippen molar-refractivity contribution in [3.8, 4) is 0 Å². The van der Waals surface area contributed by atoms with Gasteiger partial charge in [0.05, 0.1) is 0 Å². The van der Waals surface area contributed by atoms with Crippen molar-refractivity contribution in [2.45, 2.75) is 32.7 Å². The Balaban J connectivity index is 1.68. The van der Waals surface area contributed by atoms with Crippen LogP contribution in [0.25, 0.3) is 5.65 Å². The second kappa shape index (κ2) is 5.74. The highest BCUT2D eigenvalue weighted by Crippen LogP contribution is 2.49. The predicted octanol–water partition coefficient (Wildman–Crippen LogP) is 3.26. The number of imidazole rings is 1. The fourth-order valence-corrected chi connectivity index (χ4v) is 4.80. The first-order chi connectivity index (χ1) is 11.5. The molecule has 1 atom stereocenters. The quantitative estimate of drug-likeness (QED) is 0.837. The van der Waals surface area contributed by atoms with E-state index in [1.54, 1.807) is 4.40 Å². The van der Waals surface area contributed by atoms with E-state index < -0.39 is 0 Å². The van der Waals surface area contributed by atoms with Crippen LogP contribution in [0.4, 0.5) is 0 Å². The fourth-order valence-electron chi connectivity index (χ4n) is 4.54. The Morgan fingerprint density at radius 2 is 2.12 bits per heavy atom. The zero-order chi connectivity index (χ0) is 16.9. The summed E-state index contributed by atoms with van der Waals surface area (Å²) in [6, 6.07) is 5.88. The largest absolute Gasteiger partial charge is 0.381 e. The number of hydrogen-bond donors (Lipinski definition) is 0. The van der Waals surface area contributed by atoms with Crippen molar-refractivity contribution in [1.29, 1.82) is 0 Å². The number of nitrogens with zero attached hydrogens (tertiary/aromatic N) is 3. The van der Waals surface area contributed by atoms with Gasteiger partial charge in [-0.05, 0) is 30.9 Å². The zero-order valence-corrected chi connectivity index (χ0v) is 14.8. The average Bonchev–Trinajstić information content (AvgIpc) is 2.88. The first kappa shape index (κ1) is 15.9. The van der Waals surface area contributed by atoms with Crippen LogP contribution in [0.1, 0.15) is 37.2 Å². The van der Waals surface area contributed by atoms with Gasteiger partial charge in [-0.3, -0.25) is 9.20 Å². The molecule has 1 amide bonds. The molecule has 1 spiro atoms. The van der Waals surface area contributed by atoms with E-state index in [4.69, 9.17) is 16.3 Å². The number of ether oxygens (including phenoxy) is 1. The van der Waals surface area contributed by atoms with Crippen LogP contribution >= 0.6 is 11.6 Å². The number of carbonyl (C=O) groups excluding carboxylic acids is 1. The lowest BCUT2D eigenvalue weighted by atomic mass is 9.62. The predicted molar refractivity (Wildman–Crippen MR) is 92.4 cm³/mol. The van der Waals surface area contributed by atoms with Crippen molar-refractivity contribution < 1.29 is 9.53 Å². The van der Waals surface area contributed by atoms with E-state index >= 15 is 0 Å². The highest BCUT2D eigenvalue weighted by Gasteiger charge is 2.56. The van der Waals surface area contributed by atoms with Gasteiger partial charge in [-0.2, -0.15) is 0 Å². The summed E-state index contributed by atoms with van der Waals surface area (Å²) in [5.74, 6) is 0.383. The summed E-state index contributed by atoms with van der Waals surface area (Å²) in [4.78, 5) is 19.5. The van der Waals surface area contributed by atoms with E-state index in [1.165, 1.54) is 0 Å². The number of hydrogen-bond acceptors (Lipinski definition) is 3. The second-order valence-corrected chi connectivity index (χ2v) is 7.63. The Bertz CT molecular complexity index is 780. The third-order valence-electron chi connectivity index (χ3n) is 5.52. The maximum absolute atomic E-state index is 13.2. The maximum atomic E-state index is 13.2. The second-order valence-electron chi connectivity index (χ2n) is 7.28. The van der Waals surface area contributed by atoms with Crippen molar-refractivity contribution in [3.63, 3.8) is 0 Å². The molecule has 128 valence electrons. The number of aromatic nitrogens is 2. The highest BCUT2D eigenvalue weighted by molar-refractivity contribution is 6.32. The van der Waals surface area contributed by atoms with Crippen LogP contribution in [-0.4, -0.2) is 46.0 Å². The Morgan fingerprint density at radius 1 is 1.38 bits per heavy atom. The van der Waals surface area contributed by atoms with E-state index in [0.29, 0.717) is 17.3 Å². The Kier molecular flexibility index (Phi) is 3.81. The molecule has 4 heterocycles. The summed E-state index contributed by atoms with van der Waals surface area (Å²) < 4.78 is 7.32. The molecule has 2 aliphatic rings. The third kappa shape index (κ3) is 2.25. The van der Waals surface area contributed by atoms with Crippen LogP contribution in [0.3, 0.4) is 0 Å². The Morgan fingerprint density at radius 3 is 2.83 bits per heavy atom. The number of pyridine rings is 1. The fraction of sp³-hybridized carbons (Fsp3) is 0.556. The highest BCUT2D eigenvalue weighted by atomic mass is 35.5. The average molecular weight is 348 g/mol. The molecule has 2 aliphatic heterocycles. The van der Waals surface area contributed by atoms with Crippen molar-refractivity contribution >= 4 is 23.2 Å². The molecule has 2 aromatic heterocycles. The molecule has 4 rings (SSSR count). The summed E-state index contributed by atoms with van der Waals surface area (Å²) >= 11 is 6.29. The van der Waals surface area contributed by atoms with Gasteiger partial charge in [0.2, 0.25) is 0 Å². The van der Waals surface area contributed by atoms with Crippen LogP contribution < -0.4 is 0 Å². The lowest BCUT2D eigenvalue weighted by Gasteiger charge is -2.60. The summed E-state index contributed by atoms with van der Waals surface area (Å²) in [5, 5.41) is 0.279. The van der Waals surface area contributed by atoms with Gasteiger partial charge in [-0.15, -0.1) is 0 Å². The summed E-state index contributed by atoms with van der Waals surface area (Å²) in [7, 11) is 0. The van der Waals surface area contributed by atoms with E-state index in [0.717, 1.165) is 32.6 Å². The van der Waals surface area contributed by atoms with Gasteiger partial charge < -0.3 is 9.64 Å². The van der Waals surface area contributed by atoms with Gasteiger partial charge in [-0.1, -0.05) is 31.5 Å². The number of likely N-dealkylation sites (tertiary alicyclic amines) is 1. The van der Waals surface area contributed by atoms with E-state index in [2.05, 4.69) is 18.8 Å². The first-order valence-corrected chi connectivity index (χ1v) is 8.93. The molecule has 24 heavy (non-hydrogen) atoms. The van der Waals surface area contributed by atoms with E-state index in [1.807, 2.05) is 29.3 Å². The molecule has 2 fully saturated rings. The van der Waals surface area contributed by atoms with Gasteiger partial charge in [-0.25, -0.2) is 4.98 Å². The molecular formula is C18H22ClN3O2. The molecular weight excluding hydrogens is 326 g/mol. The molecule has 0 radical (unpaired) electrons. The van der Waals surface area contributed by atoms with Gasteiger partial charge >= 0.3 is 0 Å². The SMILES string of the molecule is CC(C)C1N(C(=O)c2c(Cl)nc3ccccn23)CC12CCOCC2. The van der Waals surface area contributed by atoms with E-state index in [9.17, 15) is 4.79 Å². The number of halogens is 1. The monoisotopic (exact) mass is 347 g/mol. The summed E-state index contributed by atoms with van der Waals surface area (Å²) in [6.45, 7) is 6.76. The van der Waals surface area contributed by atoms with Gasteiger partial charge in [0.1, 0.15) is 5.65 Å². The van der Waals surface area contributed by atoms with Crippen molar-refractivity contribution in [3.05, 3.63) is 35.2 Å². The molecule has 0 aromatic carbocycles. The lowest BCUT2D eigenvalue weighted by Crippen LogP contribution is -2.69. The maximum Gasteiger partial charge on any atom is 0.274 e. The smallest absolute Gasteiger partial charge is 0.274 e. The lowest BCUT2D eigenvalue weighted by molar-refractivity contribution is -0.128. The van der Waals surface area contributed by atoms with Crippen LogP contribution in [0.2, 0.25) is 5.15 Å². The molecule has 1 unspecified atom stereocenters. The molecule has 2 aromatic rings. The minimum absolute atomic E-state index is 0.0190. The summed E-state index contributed by atoms with van der Waals surface area (Å²) in [5.41, 5.74) is 1.38. The minimum Gasteiger partial charge on any atom is -0.381 e. The van der Waals surface area contributed by atoms with Crippen LogP contribution in [0.5, 0.6) is 0 Å². The normalized spacial score (nSPS) is 23.0. The molecule has 6 heteroatoms. The summed E-state index contributed by atoms with van der Waals surface area (Å²) in [6.07, 6.45) is 3.90. The number of rotatable bonds is 2. The molecule has 0 aliphatic carbocycles. The van der Waals surface area contributed by atoms with Crippen molar-refractivity contribution in [2.75, 3.05) is 19.8 Å². The van der Waals surface area contributed by atoms with E-state index in [-0.39, 0.29) is 22.5 Å². The molecule has 0 bridgehead atoms. The molecule has 0 saturated carbocycles. The minimum atomic E-state index is -0.0190. The topological polar surface area (TPSA) is 46.8 Å². The number of carbonyl (C=O) groups is 1.